The summed E-state index contributed by atoms with van der Waals surface area (Å²) in [7, 11) is 0. The van der Waals surface area contributed by atoms with Crippen LogP contribution >= 0.6 is 0 Å². The maximum atomic E-state index is 12.2. The first-order chi connectivity index (χ1) is 18.2. The van der Waals surface area contributed by atoms with E-state index in [9.17, 15) is 9.59 Å². The number of carbonyl (C=O) groups excluding carboxylic acids is 2. The van der Waals surface area contributed by atoms with Gasteiger partial charge in [0.05, 0.1) is 24.8 Å². The van der Waals surface area contributed by atoms with E-state index in [-0.39, 0.29) is 24.1 Å². The monoisotopic (exact) mass is 516 g/mol. The molecule has 2 aliphatic carbocycles. The molecule has 4 amide bonds. The largest absolute Gasteiger partial charge is 0.372 e. The third-order valence-electron chi connectivity index (χ3n) is 8.22. The molecule has 4 rings (SSSR count). The van der Waals surface area contributed by atoms with Crippen LogP contribution in [0.2, 0.25) is 0 Å². The van der Waals surface area contributed by atoms with E-state index in [1.165, 1.54) is 11.7 Å². The summed E-state index contributed by atoms with van der Waals surface area (Å²) in [6.45, 7) is 5.19. The highest BCUT2D eigenvalue weighted by molar-refractivity contribution is 5.86. The van der Waals surface area contributed by atoms with E-state index in [4.69, 9.17) is 0 Å². The lowest BCUT2D eigenvalue weighted by Crippen LogP contribution is -2.45. The predicted molar refractivity (Wildman–Crippen MR) is 148 cm³/mol. The summed E-state index contributed by atoms with van der Waals surface area (Å²) in [6.07, 6.45) is 13.8. The summed E-state index contributed by atoms with van der Waals surface area (Å²) < 4.78 is 0. The number of nitrogens with one attached hydrogen (secondary N) is 6. The zero-order valence-corrected chi connectivity index (χ0v) is 22.5. The van der Waals surface area contributed by atoms with E-state index in [0.717, 1.165) is 110 Å². The van der Waals surface area contributed by atoms with E-state index in [2.05, 4.69) is 41.9 Å². The minimum atomic E-state index is -0.0348. The minimum absolute atomic E-state index is 0.0348. The molecular weight excluding hydrogens is 468 g/mol. The molecule has 0 unspecified atom stereocenters. The van der Waals surface area contributed by atoms with Crippen LogP contribution in [-0.2, 0) is 0 Å². The predicted octanol–water partition coefficient (Wildman–Crippen LogP) is 2.66. The quantitative estimate of drug-likeness (QED) is 0.223. The Bertz CT molecular complexity index is 721. The Hall–Kier alpha value is -2.52. The number of aliphatic imine (C=N–C) groups is 2. The highest BCUT2D eigenvalue weighted by Gasteiger charge is 2.27. The number of hydrogen-bond donors (Lipinski definition) is 6. The van der Waals surface area contributed by atoms with Crippen molar-refractivity contribution in [3.63, 3.8) is 0 Å². The second-order valence-corrected chi connectivity index (χ2v) is 11.1. The molecule has 37 heavy (non-hydrogen) atoms. The van der Waals surface area contributed by atoms with Crippen molar-refractivity contribution >= 4 is 23.7 Å². The highest BCUT2D eigenvalue weighted by atomic mass is 16.2. The normalized spacial score (nSPS) is 27.4. The fourth-order valence-electron chi connectivity index (χ4n) is 6.06. The van der Waals surface area contributed by atoms with Crippen molar-refractivity contribution in [3.8, 4) is 0 Å². The molecule has 2 aliphatic heterocycles. The third kappa shape index (κ3) is 9.38. The molecule has 0 aromatic rings. The fourth-order valence-corrected chi connectivity index (χ4v) is 6.06. The van der Waals surface area contributed by atoms with Gasteiger partial charge in [0.25, 0.3) is 0 Å². The van der Waals surface area contributed by atoms with Gasteiger partial charge in [-0.15, -0.1) is 0 Å². The molecule has 10 nitrogen and oxygen atoms in total. The van der Waals surface area contributed by atoms with E-state index in [1.54, 1.807) is 0 Å². The average molecular weight is 517 g/mol. The van der Waals surface area contributed by atoms with E-state index >= 15 is 0 Å². The molecule has 2 saturated carbocycles. The molecular formula is C27H48N8O2. The van der Waals surface area contributed by atoms with Gasteiger partial charge in [-0.3, -0.25) is 9.98 Å². The first-order valence-electron chi connectivity index (χ1n) is 14.8. The van der Waals surface area contributed by atoms with Crippen molar-refractivity contribution in [3.05, 3.63) is 0 Å². The van der Waals surface area contributed by atoms with Crippen LogP contribution in [0.3, 0.4) is 0 Å². The van der Waals surface area contributed by atoms with Gasteiger partial charge in [-0.1, -0.05) is 19.3 Å². The van der Waals surface area contributed by atoms with E-state index < -0.39 is 0 Å². The molecule has 0 radical (unpaired) electrons. The Balaban J connectivity index is 0.922. The van der Waals surface area contributed by atoms with Crippen molar-refractivity contribution < 1.29 is 9.59 Å². The molecule has 0 bridgehead atoms. The minimum Gasteiger partial charge on any atom is -0.372 e. The van der Waals surface area contributed by atoms with Crippen LogP contribution < -0.4 is 31.9 Å². The Kier molecular flexibility index (Phi) is 11.2. The van der Waals surface area contributed by atoms with Crippen molar-refractivity contribution in [1.82, 2.24) is 31.9 Å². The van der Waals surface area contributed by atoms with Crippen LogP contribution in [-0.4, -0.2) is 75.1 Å². The number of hydrogen-bond acceptors (Lipinski definition) is 6. The van der Waals surface area contributed by atoms with Gasteiger partial charge in [-0.25, -0.2) is 9.59 Å². The highest BCUT2D eigenvalue weighted by Crippen LogP contribution is 2.26. The topological polar surface area (TPSA) is 131 Å². The second kappa shape index (κ2) is 15.0. The Labute approximate surface area is 222 Å². The first kappa shape index (κ1) is 27.5. The van der Waals surface area contributed by atoms with Gasteiger partial charge in [0.1, 0.15) is 0 Å². The van der Waals surface area contributed by atoms with Crippen LogP contribution in [0, 0.1) is 11.8 Å². The van der Waals surface area contributed by atoms with Gasteiger partial charge in [0, 0.05) is 50.1 Å². The van der Waals surface area contributed by atoms with E-state index in [1.807, 2.05) is 0 Å². The van der Waals surface area contributed by atoms with Crippen LogP contribution in [0.4, 0.5) is 9.59 Å². The van der Waals surface area contributed by atoms with Crippen molar-refractivity contribution in [1.29, 1.82) is 0 Å². The number of nitrogens with zero attached hydrogens (tertiary/aromatic N) is 2. The third-order valence-corrected chi connectivity index (χ3v) is 8.22. The molecule has 208 valence electrons. The molecule has 0 atom stereocenters. The molecule has 2 fully saturated rings. The van der Waals surface area contributed by atoms with Gasteiger partial charge < -0.3 is 31.9 Å². The lowest BCUT2D eigenvalue weighted by atomic mass is 9.85. The number of rotatable bonds is 12. The van der Waals surface area contributed by atoms with Gasteiger partial charge in [-0.2, -0.15) is 0 Å². The Morgan fingerprint density at radius 3 is 1.41 bits per heavy atom. The van der Waals surface area contributed by atoms with Crippen molar-refractivity contribution in [2.75, 3.05) is 39.3 Å². The standard InChI is InChI=1S/C27H48N8O2/c36-26(34-22-10-6-20(7-11-22)24-28-16-17-29-24)32-14-4-2-1-3-5-15-33-27(37)35-23-12-8-21(9-13-23)25-30-18-19-31-25/h20-23H,1-19H2,(H,28,29)(H,30,31)(H2,32,34,36)(H2,33,35,37). The fraction of sp³-hybridized carbons (Fsp3) is 0.852. The maximum Gasteiger partial charge on any atom is 0.315 e. The van der Waals surface area contributed by atoms with Crippen LogP contribution in [0.15, 0.2) is 9.98 Å². The van der Waals surface area contributed by atoms with Crippen molar-refractivity contribution in [2.24, 2.45) is 21.8 Å². The molecule has 6 N–H and O–H groups in total. The smallest absolute Gasteiger partial charge is 0.315 e. The summed E-state index contributed by atoms with van der Waals surface area (Å²) in [5.41, 5.74) is 0. The van der Waals surface area contributed by atoms with Gasteiger partial charge >= 0.3 is 12.1 Å². The van der Waals surface area contributed by atoms with Gasteiger partial charge in [0.15, 0.2) is 0 Å². The summed E-state index contributed by atoms with van der Waals surface area (Å²) in [5.74, 6) is 3.47. The molecule has 2 heterocycles. The average Bonchev–Trinajstić information content (AvgIpc) is 3.64. The van der Waals surface area contributed by atoms with Crippen LogP contribution in [0.25, 0.3) is 0 Å². The molecule has 0 saturated heterocycles. The number of urea groups is 2. The second-order valence-electron chi connectivity index (χ2n) is 11.1. The Morgan fingerprint density at radius 2 is 1.03 bits per heavy atom. The van der Waals surface area contributed by atoms with Gasteiger partial charge in [0.2, 0.25) is 0 Å². The molecule has 0 spiro atoms. The molecule has 4 aliphatic rings. The SMILES string of the molecule is O=C(NCCCCCCCNC(=O)NC1CCC(C2=NCCN2)CC1)NC1CCC(C2=NCCN2)CC1. The summed E-state index contributed by atoms with van der Waals surface area (Å²) >= 11 is 0. The zero-order valence-electron chi connectivity index (χ0n) is 22.5. The lowest BCUT2D eigenvalue weighted by Gasteiger charge is -2.29. The number of amidine groups is 2. The lowest BCUT2D eigenvalue weighted by molar-refractivity contribution is 0.230. The summed E-state index contributed by atoms with van der Waals surface area (Å²) in [4.78, 5) is 33.5. The number of amides is 4. The molecule has 0 aromatic carbocycles. The van der Waals surface area contributed by atoms with Crippen LogP contribution in [0.5, 0.6) is 0 Å². The summed E-state index contributed by atoms with van der Waals surface area (Å²) in [6, 6.07) is 0.490. The number of carbonyl (C=O) groups is 2. The van der Waals surface area contributed by atoms with Crippen molar-refractivity contribution in [2.45, 2.75) is 95.6 Å². The Morgan fingerprint density at radius 1 is 0.622 bits per heavy atom. The zero-order chi connectivity index (χ0) is 25.7. The molecule has 10 heteroatoms. The number of unbranched alkanes of at least 4 members (excludes halogenated alkanes) is 4. The van der Waals surface area contributed by atoms with Gasteiger partial charge in [-0.05, 0) is 64.2 Å². The molecule has 0 aromatic heterocycles. The van der Waals surface area contributed by atoms with E-state index in [0.29, 0.717) is 24.9 Å². The summed E-state index contributed by atoms with van der Waals surface area (Å²) in [5, 5.41) is 19.1. The van der Waals surface area contributed by atoms with Crippen LogP contribution in [0.1, 0.15) is 83.5 Å². The first-order valence-corrected chi connectivity index (χ1v) is 14.8. The maximum absolute atomic E-state index is 12.2.